The quantitative estimate of drug-likeness (QED) is 0.666. The summed E-state index contributed by atoms with van der Waals surface area (Å²) in [5.41, 5.74) is 0. The minimum atomic E-state index is -3.48. The molecule has 1 heterocycles. The van der Waals surface area contributed by atoms with E-state index in [1.54, 1.807) is 7.05 Å². The van der Waals surface area contributed by atoms with E-state index in [0.717, 1.165) is 19.4 Å². The maximum Gasteiger partial charge on any atom is 0.282 e. The summed E-state index contributed by atoms with van der Waals surface area (Å²) in [6.07, 6.45) is 2.07. The standard InChI is InChI=1S/C11H25N3O3S/c1-10(2)13(3)18(16,17)14(7-8-15)9-11-5-4-6-12-11/h10-12,15H,4-9H2,1-3H3. The predicted octanol–water partition coefficient (Wildman–Crippen LogP) is -0.382. The van der Waals surface area contributed by atoms with Crippen LogP contribution in [-0.4, -0.2) is 67.5 Å². The molecule has 0 aliphatic carbocycles. The molecule has 0 bridgehead atoms. The molecule has 1 unspecified atom stereocenters. The van der Waals surface area contributed by atoms with Gasteiger partial charge in [-0.2, -0.15) is 17.0 Å². The van der Waals surface area contributed by atoms with Gasteiger partial charge in [0.15, 0.2) is 0 Å². The third-order valence-corrected chi connectivity index (χ3v) is 5.49. The van der Waals surface area contributed by atoms with Crippen molar-refractivity contribution in [3.05, 3.63) is 0 Å². The van der Waals surface area contributed by atoms with E-state index in [4.69, 9.17) is 5.11 Å². The Morgan fingerprint density at radius 3 is 2.56 bits per heavy atom. The number of nitrogens with zero attached hydrogens (tertiary/aromatic N) is 2. The first-order chi connectivity index (χ1) is 8.39. The van der Waals surface area contributed by atoms with Crippen LogP contribution in [0.25, 0.3) is 0 Å². The van der Waals surface area contributed by atoms with E-state index >= 15 is 0 Å². The van der Waals surface area contributed by atoms with Crippen LogP contribution in [0.4, 0.5) is 0 Å². The molecule has 1 rings (SSSR count). The highest BCUT2D eigenvalue weighted by atomic mass is 32.2. The average molecular weight is 279 g/mol. The third-order valence-electron chi connectivity index (χ3n) is 3.35. The van der Waals surface area contributed by atoms with Gasteiger partial charge >= 0.3 is 0 Å². The Kier molecular flexibility index (Phi) is 6.00. The smallest absolute Gasteiger partial charge is 0.282 e. The lowest BCUT2D eigenvalue weighted by Crippen LogP contribution is -2.49. The van der Waals surface area contributed by atoms with Gasteiger partial charge in [-0.25, -0.2) is 0 Å². The maximum absolute atomic E-state index is 12.4. The Labute approximate surface area is 110 Å². The van der Waals surface area contributed by atoms with Gasteiger partial charge in [-0.3, -0.25) is 0 Å². The van der Waals surface area contributed by atoms with Crippen LogP contribution in [0, 0.1) is 0 Å². The molecule has 1 saturated heterocycles. The van der Waals surface area contributed by atoms with Gasteiger partial charge in [-0.15, -0.1) is 0 Å². The summed E-state index contributed by atoms with van der Waals surface area (Å²) >= 11 is 0. The van der Waals surface area contributed by atoms with Crippen LogP contribution in [0.5, 0.6) is 0 Å². The summed E-state index contributed by atoms with van der Waals surface area (Å²) in [7, 11) is -1.91. The molecule has 18 heavy (non-hydrogen) atoms. The molecule has 0 radical (unpaired) electrons. The zero-order valence-electron chi connectivity index (χ0n) is 11.5. The highest BCUT2D eigenvalue weighted by Crippen LogP contribution is 2.13. The molecule has 0 aromatic rings. The van der Waals surface area contributed by atoms with Crippen molar-refractivity contribution in [1.82, 2.24) is 13.9 Å². The molecular weight excluding hydrogens is 254 g/mol. The van der Waals surface area contributed by atoms with E-state index in [9.17, 15) is 8.42 Å². The second-order valence-electron chi connectivity index (χ2n) is 4.99. The van der Waals surface area contributed by atoms with Gasteiger partial charge in [-0.1, -0.05) is 0 Å². The van der Waals surface area contributed by atoms with E-state index in [1.165, 1.54) is 8.61 Å². The SMILES string of the molecule is CC(C)N(C)S(=O)(=O)N(CCO)CC1CCCN1. The topological polar surface area (TPSA) is 72.9 Å². The molecule has 0 aromatic carbocycles. The van der Waals surface area contributed by atoms with Gasteiger partial charge in [0.25, 0.3) is 10.2 Å². The first-order valence-electron chi connectivity index (χ1n) is 6.47. The van der Waals surface area contributed by atoms with Gasteiger partial charge in [0, 0.05) is 32.2 Å². The Morgan fingerprint density at radius 1 is 1.44 bits per heavy atom. The Bertz CT molecular complexity index is 339. The molecule has 1 atom stereocenters. The van der Waals surface area contributed by atoms with E-state index < -0.39 is 10.2 Å². The molecule has 108 valence electrons. The monoisotopic (exact) mass is 279 g/mol. The largest absolute Gasteiger partial charge is 0.395 e. The highest BCUT2D eigenvalue weighted by Gasteiger charge is 2.30. The van der Waals surface area contributed by atoms with Crippen LogP contribution in [0.1, 0.15) is 26.7 Å². The van der Waals surface area contributed by atoms with E-state index in [0.29, 0.717) is 6.54 Å². The molecule has 0 aromatic heterocycles. The van der Waals surface area contributed by atoms with Gasteiger partial charge in [0.2, 0.25) is 0 Å². The number of nitrogens with one attached hydrogen (secondary N) is 1. The van der Waals surface area contributed by atoms with Crippen LogP contribution in [-0.2, 0) is 10.2 Å². The van der Waals surface area contributed by atoms with Gasteiger partial charge in [-0.05, 0) is 33.2 Å². The molecule has 1 fully saturated rings. The van der Waals surface area contributed by atoms with Crippen LogP contribution in [0.2, 0.25) is 0 Å². The lowest BCUT2D eigenvalue weighted by molar-refractivity contribution is 0.235. The second kappa shape index (κ2) is 6.81. The molecule has 6 nitrogen and oxygen atoms in total. The second-order valence-corrected chi connectivity index (χ2v) is 6.98. The predicted molar refractivity (Wildman–Crippen MR) is 71.5 cm³/mol. The number of aliphatic hydroxyl groups excluding tert-OH is 1. The van der Waals surface area contributed by atoms with Crippen LogP contribution in [0.3, 0.4) is 0 Å². The summed E-state index contributed by atoms with van der Waals surface area (Å²) in [4.78, 5) is 0. The van der Waals surface area contributed by atoms with E-state index in [2.05, 4.69) is 5.32 Å². The van der Waals surface area contributed by atoms with Crippen LogP contribution < -0.4 is 5.32 Å². The average Bonchev–Trinajstić information content (AvgIpc) is 2.80. The third kappa shape index (κ3) is 3.89. The normalized spacial score (nSPS) is 21.4. The Hall–Kier alpha value is -0.210. The molecule has 1 aliphatic heterocycles. The maximum atomic E-state index is 12.4. The van der Waals surface area contributed by atoms with Crippen LogP contribution >= 0.6 is 0 Å². The number of hydrogen-bond donors (Lipinski definition) is 2. The van der Waals surface area contributed by atoms with Gasteiger partial charge in [0.1, 0.15) is 0 Å². The minimum absolute atomic E-state index is 0.0901. The highest BCUT2D eigenvalue weighted by molar-refractivity contribution is 7.86. The summed E-state index contributed by atoms with van der Waals surface area (Å²) in [5, 5.41) is 12.3. The van der Waals surface area contributed by atoms with Crippen molar-refractivity contribution >= 4 is 10.2 Å². The molecule has 2 N–H and O–H groups in total. The van der Waals surface area contributed by atoms with Crippen molar-refractivity contribution < 1.29 is 13.5 Å². The fourth-order valence-electron chi connectivity index (χ4n) is 2.02. The molecular formula is C11H25N3O3S. The summed E-state index contributed by atoms with van der Waals surface area (Å²) in [6, 6.07) is 0.111. The molecule has 0 spiro atoms. The zero-order valence-corrected chi connectivity index (χ0v) is 12.3. The number of aliphatic hydroxyl groups is 1. The van der Waals surface area contributed by atoms with Crippen LogP contribution in [0.15, 0.2) is 0 Å². The molecule has 1 aliphatic rings. The fourth-order valence-corrected chi connectivity index (χ4v) is 3.60. The summed E-state index contributed by atoms with van der Waals surface area (Å²) in [6.45, 7) is 5.04. The van der Waals surface area contributed by atoms with E-state index in [1.807, 2.05) is 13.8 Å². The molecule has 0 amide bonds. The van der Waals surface area contributed by atoms with Crippen molar-refractivity contribution in [3.8, 4) is 0 Å². The Balaban J connectivity index is 2.75. The minimum Gasteiger partial charge on any atom is -0.395 e. The molecule has 7 heteroatoms. The van der Waals surface area contributed by atoms with Crippen molar-refractivity contribution in [2.75, 3.05) is 33.3 Å². The lowest BCUT2D eigenvalue weighted by Gasteiger charge is -2.30. The number of hydrogen-bond acceptors (Lipinski definition) is 4. The summed E-state index contributed by atoms with van der Waals surface area (Å²) < 4.78 is 27.4. The summed E-state index contributed by atoms with van der Waals surface area (Å²) in [5.74, 6) is 0. The lowest BCUT2D eigenvalue weighted by atomic mass is 10.2. The number of rotatable bonds is 7. The fraction of sp³-hybridized carbons (Fsp3) is 1.00. The van der Waals surface area contributed by atoms with Crippen molar-refractivity contribution in [1.29, 1.82) is 0 Å². The van der Waals surface area contributed by atoms with E-state index in [-0.39, 0.29) is 25.2 Å². The Morgan fingerprint density at radius 2 is 2.11 bits per heavy atom. The zero-order chi connectivity index (χ0) is 13.8. The van der Waals surface area contributed by atoms with Crippen molar-refractivity contribution in [2.24, 2.45) is 0 Å². The van der Waals surface area contributed by atoms with Gasteiger partial charge in [0.05, 0.1) is 6.61 Å². The first kappa shape index (κ1) is 15.8. The van der Waals surface area contributed by atoms with Crippen molar-refractivity contribution in [2.45, 2.75) is 38.8 Å². The van der Waals surface area contributed by atoms with Crippen molar-refractivity contribution in [3.63, 3.8) is 0 Å². The first-order valence-corrected chi connectivity index (χ1v) is 7.86. The molecule has 0 saturated carbocycles. The van der Waals surface area contributed by atoms with Gasteiger partial charge < -0.3 is 10.4 Å².